The molecule has 1 aromatic heterocycles. The predicted molar refractivity (Wildman–Crippen MR) is 104 cm³/mol. The molecule has 0 saturated heterocycles. The highest BCUT2D eigenvalue weighted by Crippen LogP contribution is 2.22. The van der Waals surface area contributed by atoms with Crippen LogP contribution in [0.1, 0.15) is 27.3 Å². The summed E-state index contributed by atoms with van der Waals surface area (Å²) in [5, 5.41) is 8.22. The Labute approximate surface area is 159 Å². The highest BCUT2D eigenvalue weighted by atomic mass is 79.9. The minimum atomic E-state index is -0.158. The lowest BCUT2D eigenvalue weighted by Crippen LogP contribution is -2.13. The summed E-state index contributed by atoms with van der Waals surface area (Å²) in [6, 6.07) is 15.0. The zero-order chi connectivity index (χ0) is 18.0. The molecule has 0 radical (unpaired) electrons. The van der Waals surface area contributed by atoms with E-state index in [1.807, 2.05) is 54.9 Å². The maximum Gasteiger partial charge on any atom is 0.255 e. The van der Waals surface area contributed by atoms with Gasteiger partial charge in [-0.2, -0.15) is 5.10 Å². The highest BCUT2D eigenvalue weighted by Gasteiger charge is 2.15. The number of anilines is 1. The first kappa shape index (κ1) is 17.7. The van der Waals surface area contributed by atoms with E-state index in [4.69, 9.17) is 11.6 Å². The number of aromatic nitrogens is 2. The summed E-state index contributed by atoms with van der Waals surface area (Å²) in [6.45, 7) is 4.43. The SMILES string of the molecule is Cc1nn(Cc2cccc(Cl)c2)c(C)c1NC(=O)c1cccc(Br)c1. The molecule has 6 heteroatoms. The van der Waals surface area contributed by atoms with Crippen LogP contribution in [-0.2, 0) is 6.54 Å². The second-order valence-corrected chi connectivity index (χ2v) is 7.15. The molecule has 1 amide bonds. The van der Waals surface area contributed by atoms with E-state index in [2.05, 4.69) is 26.3 Å². The molecular formula is C19H17BrClN3O. The number of carbonyl (C=O) groups excluding carboxylic acids is 1. The summed E-state index contributed by atoms with van der Waals surface area (Å²) >= 11 is 9.43. The largest absolute Gasteiger partial charge is 0.319 e. The van der Waals surface area contributed by atoms with Gasteiger partial charge >= 0.3 is 0 Å². The lowest BCUT2D eigenvalue weighted by atomic mass is 10.2. The molecule has 0 saturated carbocycles. The van der Waals surface area contributed by atoms with E-state index in [1.165, 1.54) is 0 Å². The van der Waals surface area contributed by atoms with Crippen LogP contribution in [0, 0.1) is 13.8 Å². The van der Waals surface area contributed by atoms with Crippen molar-refractivity contribution in [3.63, 3.8) is 0 Å². The van der Waals surface area contributed by atoms with Crippen LogP contribution in [0.25, 0.3) is 0 Å². The molecule has 0 atom stereocenters. The summed E-state index contributed by atoms with van der Waals surface area (Å²) in [6.07, 6.45) is 0. The number of benzene rings is 2. The molecule has 128 valence electrons. The molecule has 25 heavy (non-hydrogen) atoms. The predicted octanol–water partition coefficient (Wildman–Crippen LogP) is 5.22. The first-order valence-electron chi connectivity index (χ1n) is 7.79. The third kappa shape index (κ3) is 4.11. The van der Waals surface area contributed by atoms with Crippen molar-refractivity contribution < 1.29 is 4.79 Å². The van der Waals surface area contributed by atoms with E-state index in [9.17, 15) is 4.79 Å². The van der Waals surface area contributed by atoms with Gasteiger partial charge < -0.3 is 5.32 Å². The van der Waals surface area contributed by atoms with Gasteiger partial charge in [-0.3, -0.25) is 9.48 Å². The standard InChI is InChI=1S/C19H17BrClN3O/c1-12-18(22-19(25)15-6-4-7-16(20)10-15)13(2)24(23-12)11-14-5-3-8-17(21)9-14/h3-10H,11H2,1-2H3,(H,22,25). The van der Waals surface area contributed by atoms with E-state index in [0.717, 1.165) is 27.1 Å². The molecule has 1 heterocycles. The molecule has 0 aliphatic heterocycles. The number of carbonyl (C=O) groups is 1. The van der Waals surface area contributed by atoms with Crippen LogP contribution in [0.15, 0.2) is 53.0 Å². The summed E-state index contributed by atoms with van der Waals surface area (Å²) in [5.74, 6) is -0.158. The van der Waals surface area contributed by atoms with E-state index in [-0.39, 0.29) is 5.91 Å². The van der Waals surface area contributed by atoms with Crippen molar-refractivity contribution in [2.75, 3.05) is 5.32 Å². The highest BCUT2D eigenvalue weighted by molar-refractivity contribution is 9.10. The molecule has 2 aromatic carbocycles. The van der Waals surface area contributed by atoms with Gasteiger partial charge in [0.25, 0.3) is 5.91 Å². The van der Waals surface area contributed by atoms with Gasteiger partial charge in [-0.25, -0.2) is 0 Å². The smallest absolute Gasteiger partial charge is 0.255 e. The average Bonchev–Trinajstić information content (AvgIpc) is 2.82. The number of rotatable bonds is 4. The van der Waals surface area contributed by atoms with E-state index < -0.39 is 0 Å². The Hall–Kier alpha value is -2.11. The fourth-order valence-corrected chi connectivity index (χ4v) is 3.27. The number of halogens is 2. The molecule has 0 aliphatic rings. The fourth-order valence-electron chi connectivity index (χ4n) is 2.66. The molecular weight excluding hydrogens is 402 g/mol. The maximum atomic E-state index is 12.5. The van der Waals surface area contributed by atoms with Crippen molar-refractivity contribution >= 4 is 39.1 Å². The van der Waals surface area contributed by atoms with Gasteiger partial charge in [-0.1, -0.05) is 45.7 Å². The molecule has 4 nitrogen and oxygen atoms in total. The molecule has 3 rings (SSSR count). The summed E-state index contributed by atoms with van der Waals surface area (Å²) in [4.78, 5) is 12.5. The van der Waals surface area contributed by atoms with Gasteiger partial charge in [-0.15, -0.1) is 0 Å². The number of nitrogens with zero attached hydrogens (tertiary/aromatic N) is 2. The summed E-state index contributed by atoms with van der Waals surface area (Å²) < 4.78 is 2.74. The van der Waals surface area contributed by atoms with Crippen molar-refractivity contribution in [1.29, 1.82) is 0 Å². The zero-order valence-electron chi connectivity index (χ0n) is 13.9. The summed E-state index contributed by atoms with van der Waals surface area (Å²) in [7, 11) is 0. The van der Waals surface area contributed by atoms with Gasteiger partial charge in [0.2, 0.25) is 0 Å². The zero-order valence-corrected chi connectivity index (χ0v) is 16.2. The molecule has 3 aromatic rings. The van der Waals surface area contributed by atoms with Crippen LogP contribution in [-0.4, -0.2) is 15.7 Å². The van der Waals surface area contributed by atoms with E-state index in [1.54, 1.807) is 12.1 Å². The lowest BCUT2D eigenvalue weighted by molar-refractivity contribution is 0.102. The van der Waals surface area contributed by atoms with Gasteiger partial charge in [0.1, 0.15) is 0 Å². The van der Waals surface area contributed by atoms with Gasteiger partial charge in [-0.05, 0) is 49.7 Å². The second kappa shape index (κ2) is 7.42. The van der Waals surface area contributed by atoms with Gasteiger partial charge in [0.05, 0.1) is 23.6 Å². The van der Waals surface area contributed by atoms with Crippen LogP contribution in [0.2, 0.25) is 5.02 Å². The molecule has 1 N–H and O–H groups in total. The maximum absolute atomic E-state index is 12.5. The lowest BCUT2D eigenvalue weighted by Gasteiger charge is -2.08. The minimum absolute atomic E-state index is 0.158. The Morgan fingerprint density at radius 1 is 1.20 bits per heavy atom. The minimum Gasteiger partial charge on any atom is -0.319 e. The fraction of sp³-hybridized carbons (Fsp3) is 0.158. The van der Waals surface area contributed by atoms with Crippen molar-refractivity contribution in [3.05, 3.63) is 80.5 Å². The van der Waals surface area contributed by atoms with Gasteiger partial charge in [0, 0.05) is 15.1 Å². The molecule has 0 spiro atoms. The Morgan fingerprint density at radius 2 is 1.96 bits per heavy atom. The van der Waals surface area contributed by atoms with Crippen LogP contribution < -0.4 is 5.32 Å². The van der Waals surface area contributed by atoms with E-state index >= 15 is 0 Å². The summed E-state index contributed by atoms with van der Waals surface area (Å²) in [5.41, 5.74) is 4.08. The van der Waals surface area contributed by atoms with Crippen molar-refractivity contribution in [1.82, 2.24) is 9.78 Å². The molecule has 0 bridgehead atoms. The quantitative estimate of drug-likeness (QED) is 0.631. The van der Waals surface area contributed by atoms with Crippen LogP contribution in [0.5, 0.6) is 0 Å². The monoisotopic (exact) mass is 417 g/mol. The number of hydrogen-bond donors (Lipinski definition) is 1. The van der Waals surface area contributed by atoms with Crippen LogP contribution >= 0.6 is 27.5 Å². The topological polar surface area (TPSA) is 46.9 Å². The van der Waals surface area contributed by atoms with Gasteiger partial charge in [0.15, 0.2) is 0 Å². The van der Waals surface area contributed by atoms with Crippen LogP contribution in [0.3, 0.4) is 0 Å². The normalized spacial score (nSPS) is 10.7. The van der Waals surface area contributed by atoms with Crippen LogP contribution in [0.4, 0.5) is 5.69 Å². The second-order valence-electron chi connectivity index (χ2n) is 5.80. The number of hydrogen-bond acceptors (Lipinski definition) is 2. The third-order valence-electron chi connectivity index (χ3n) is 3.93. The van der Waals surface area contributed by atoms with E-state index in [0.29, 0.717) is 17.1 Å². The Morgan fingerprint density at radius 3 is 2.68 bits per heavy atom. The Kier molecular flexibility index (Phi) is 5.25. The van der Waals surface area contributed by atoms with Crippen molar-refractivity contribution in [3.8, 4) is 0 Å². The van der Waals surface area contributed by atoms with Crippen molar-refractivity contribution in [2.45, 2.75) is 20.4 Å². The number of nitrogens with one attached hydrogen (secondary N) is 1. The first-order chi connectivity index (χ1) is 11.9. The number of aryl methyl sites for hydroxylation is 1. The third-order valence-corrected chi connectivity index (χ3v) is 4.66. The Bertz CT molecular complexity index is 936. The first-order valence-corrected chi connectivity index (χ1v) is 8.96. The molecule has 0 aliphatic carbocycles. The Balaban J connectivity index is 1.83. The van der Waals surface area contributed by atoms with Crippen molar-refractivity contribution in [2.24, 2.45) is 0 Å². The average molecular weight is 419 g/mol. The number of amides is 1. The molecule has 0 unspecified atom stereocenters. The molecule has 0 fully saturated rings.